The lowest BCUT2D eigenvalue weighted by Crippen LogP contribution is -2.20. The molecule has 0 saturated carbocycles. The Morgan fingerprint density at radius 3 is 2.36 bits per heavy atom. The van der Waals surface area contributed by atoms with Crippen molar-refractivity contribution in [3.05, 3.63) is 52.5 Å². The van der Waals surface area contributed by atoms with Crippen molar-refractivity contribution in [2.45, 2.75) is 4.90 Å². The lowest BCUT2D eigenvalue weighted by atomic mass is 10.2. The Hall–Kier alpha value is -2.59. The Balaban J connectivity index is 2.20. The molecule has 0 unspecified atom stereocenters. The van der Waals surface area contributed by atoms with E-state index in [0.717, 1.165) is 6.07 Å². The number of primary amides is 1. The average molecular weight is 429 g/mol. The van der Waals surface area contributed by atoms with Gasteiger partial charge in [-0.25, -0.2) is 13.2 Å². The number of hydrogen-bond acceptors (Lipinski definition) is 5. The van der Waals surface area contributed by atoms with Gasteiger partial charge in [0.25, 0.3) is 15.9 Å². The predicted octanol–water partition coefficient (Wildman–Crippen LogP) is 1.81. The zero-order valence-corrected chi connectivity index (χ0v) is 15.0. The number of nitrogens with one attached hydrogen (secondary N) is 1. The molecule has 0 saturated heterocycles. The highest BCUT2D eigenvalue weighted by Crippen LogP contribution is 2.24. The first kappa shape index (κ1) is 18.7. The number of halogens is 1. The average Bonchev–Trinajstić information content (AvgIpc) is 2.53. The van der Waals surface area contributed by atoms with Gasteiger partial charge < -0.3 is 15.6 Å². The summed E-state index contributed by atoms with van der Waals surface area (Å²) in [5.74, 6) is -1.53. The molecule has 0 atom stereocenters. The molecule has 0 aromatic heterocycles. The summed E-state index contributed by atoms with van der Waals surface area (Å²) in [5, 5.41) is 9.07. The number of carbonyl (C=O) groups is 2. The Morgan fingerprint density at radius 2 is 1.80 bits per heavy atom. The molecule has 25 heavy (non-hydrogen) atoms. The van der Waals surface area contributed by atoms with Crippen LogP contribution in [0.25, 0.3) is 0 Å². The van der Waals surface area contributed by atoms with Gasteiger partial charge in [-0.15, -0.1) is 0 Å². The summed E-state index contributed by atoms with van der Waals surface area (Å²) in [6.07, 6.45) is 0. The van der Waals surface area contributed by atoms with Crippen LogP contribution in [0.15, 0.2) is 51.8 Å². The maximum Gasteiger partial charge on any atom is 0.336 e. The molecule has 0 spiro atoms. The lowest BCUT2D eigenvalue weighted by molar-refractivity contribution is -0.119. The van der Waals surface area contributed by atoms with Crippen molar-refractivity contribution in [2.75, 3.05) is 11.3 Å². The fourth-order valence-electron chi connectivity index (χ4n) is 1.82. The van der Waals surface area contributed by atoms with E-state index in [1.165, 1.54) is 36.4 Å². The van der Waals surface area contributed by atoms with Crippen LogP contribution in [0.5, 0.6) is 5.75 Å². The molecule has 4 N–H and O–H groups in total. The van der Waals surface area contributed by atoms with E-state index in [1.807, 2.05) is 0 Å². The smallest absolute Gasteiger partial charge is 0.336 e. The number of anilines is 1. The first-order valence-corrected chi connectivity index (χ1v) is 9.03. The molecule has 1 amide bonds. The Morgan fingerprint density at radius 1 is 1.16 bits per heavy atom. The second kappa shape index (κ2) is 7.53. The maximum atomic E-state index is 12.4. The molecule has 0 aliphatic carbocycles. The number of amides is 1. The van der Waals surface area contributed by atoms with Gasteiger partial charge in [0.15, 0.2) is 6.61 Å². The first-order valence-electron chi connectivity index (χ1n) is 6.76. The van der Waals surface area contributed by atoms with Gasteiger partial charge in [-0.3, -0.25) is 9.52 Å². The molecule has 0 fully saturated rings. The van der Waals surface area contributed by atoms with Crippen LogP contribution in [0.1, 0.15) is 10.4 Å². The number of sulfonamides is 1. The topological polar surface area (TPSA) is 136 Å². The normalized spacial score (nSPS) is 10.9. The molecule has 0 aliphatic rings. The molecule has 0 radical (unpaired) electrons. The van der Waals surface area contributed by atoms with Gasteiger partial charge in [-0.2, -0.15) is 0 Å². The van der Waals surface area contributed by atoms with Crippen molar-refractivity contribution in [1.29, 1.82) is 0 Å². The highest BCUT2D eigenvalue weighted by atomic mass is 79.9. The van der Waals surface area contributed by atoms with E-state index in [2.05, 4.69) is 20.7 Å². The fourth-order valence-corrected chi connectivity index (χ4v) is 3.32. The molecule has 2 aromatic carbocycles. The van der Waals surface area contributed by atoms with Gasteiger partial charge in [0, 0.05) is 10.2 Å². The quantitative estimate of drug-likeness (QED) is 0.614. The van der Waals surface area contributed by atoms with Crippen molar-refractivity contribution in [3.63, 3.8) is 0 Å². The van der Waals surface area contributed by atoms with Crippen LogP contribution >= 0.6 is 15.9 Å². The van der Waals surface area contributed by atoms with E-state index >= 15 is 0 Å². The minimum atomic E-state index is -3.97. The summed E-state index contributed by atoms with van der Waals surface area (Å²) in [7, 11) is -3.97. The number of benzene rings is 2. The van der Waals surface area contributed by atoms with Gasteiger partial charge in [0.2, 0.25) is 0 Å². The van der Waals surface area contributed by atoms with Gasteiger partial charge in [0.05, 0.1) is 10.5 Å². The molecule has 0 bridgehead atoms. The molecule has 132 valence electrons. The molecule has 0 heterocycles. The van der Waals surface area contributed by atoms with Crippen LogP contribution in [0.2, 0.25) is 0 Å². The van der Waals surface area contributed by atoms with Gasteiger partial charge >= 0.3 is 5.97 Å². The van der Waals surface area contributed by atoms with Gasteiger partial charge in [-0.1, -0.05) is 0 Å². The summed E-state index contributed by atoms with van der Waals surface area (Å²) < 4.78 is 32.4. The first-order chi connectivity index (χ1) is 11.7. The van der Waals surface area contributed by atoms with Crippen LogP contribution in [-0.2, 0) is 14.8 Å². The minimum Gasteiger partial charge on any atom is -0.484 e. The number of nitrogens with two attached hydrogens (primary N) is 1. The van der Waals surface area contributed by atoms with E-state index in [4.69, 9.17) is 15.6 Å². The number of carboxylic acid groups (broad SMARTS) is 1. The largest absolute Gasteiger partial charge is 0.484 e. The monoisotopic (exact) mass is 428 g/mol. The molecular weight excluding hydrogens is 416 g/mol. The number of carboxylic acids is 1. The minimum absolute atomic E-state index is 0.168. The number of ether oxygens (including phenoxy) is 1. The van der Waals surface area contributed by atoms with Crippen LogP contribution < -0.4 is 15.2 Å². The number of hydrogen-bond donors (Lipinski definition) is 3. The number of rotatable bonds is 7. The third kappa shape index (κ3) is 4.94. The van der Waals surface area contributed by atoms with Crippen LogP contribution in [0, 0.1) is 0 Å². The standard InChI is InChI=1S/C15H13BrN2O6S/c16-13-6-5-11(7-12(13)15(20)21)25(22,23)18-9-1-3-10(4-2-9)24-8-14(17)19/h1-7,18H,8H2,(H2,17,19)(H,20,21). The Labute approximate surface area is 151 Å². The van der Waals surface area contributed by atoms with E-state index in [0.29, 0.717) is 5.75 Å². The zero-order chi connectivity index (χ0) is 18.6. The summed E-state index contributed by atoms with van der Waals surface area (Å²) in [6.45, 7) is -0.290. The third-order valence-corrected chi connectivity index (χ3v) is 5.04. The second-order valence-corrected chi connectivity index (χ2v) is 7.37. The molecule has 0 aliphatic heterocycles. The predicted molar refractivity (Wildman–Crippen MR) is 93.0 cm³/mol. The number of aromatic carboxylic acids is 1. The van der Waals surface area contributed by atoms with E-state index in [-0.39, 0.29) is 27.2 Å². The van der Waals surface area contributed by atoms with Crippen LogP contribution in [-0.4, -0.2) is 32.0 Å². The maximum absolute atomic E-state index is 12.4. The second-order valence-electron chi connectivity index (χ2n) is 4.83. The van der Waals surface area contributed by atoms with Gasteiger partial charge in [-0.05, 0) is 58.4 Å². The molecular formula is C15H13BrN2O6S. The van der Waals surface area contributed by atoms with Crippen LogP contribution in [0.3, 0.4) is 0 Å². The van der Waals surface area contributed by atoms with Crippen molar-refractivity contribution >= 4 is 43.5 Å². The highest BCUT2D eigenvalue weighted by molar-refractivity contribution is 9.10. The van der Waals surface area contributed by atoms with Crippen molar-refractivity contribution in [2.24, 2.45) is 5.73 Å². The van der Waals surface area contributed by atoms with E-state index in [9.17, 15) is 18.0 Å². The van der Waals surface area contributed by atoms with Crippen LogP contribution in [0.4, 0.5) is 5.69 Å². The molecule has 8 nitrogen and oxygen atoms in total. The summed E-state index contributed by atoms with van der Waals surface area (Å²) in [4.78, 5) is 21.6. The highest BCUT2D eigenvalue weighted by Gasteiger charge is 2.18. The SMILES string of the molecule is NC(=O)COc1ccc(NS(=O)(=O)c2ccc(Br)c(C(=O)O)c2)cc1. The van der Waals surface area contributed by atoms with Crippen molar-refractivity contribution in [3.8, 4) is 5.75 Å². The Bertz CT molecular complexity index is 912. The summed E-state index contributed by atoms with van der Waals surface area (Å²) in [5.41, 5.74) is 5.03. The summed E-state index contributed by atoms with van der Waals surface area (Å²) >= 11 is 3.05. The fraction of sp³-hybridized carbons (Fsp3) is 0.0667. The van der Waals surface area contributed by atoms with Crippen molar-refractivity contribution in [1.82, 2.24) is 0 Å². The third-order valence-electron chi connectivity index (χ3n) is 2.97. The van der Waals surface area contributed by atoms with Gasteiger partial charge in [0.1, 0.15) is 5.75 Å². The zero-order valence-electron chi connectivity index (χ0n) is 12.6. The summed E-state index contributed by atoms with van der Waals surface area (Å²) in [6, 6.07) is 9.48. The number of carbonyl (C=O) groups excluding carboxylic acids is 1. The molecule has 2 aromatic rings. The lowest BCUT2D eigenvalue weighted by Gasteiger charge is -2.10. The molecule has 10 heteroatoms. The van der Waals surface area contributed by atoms with Crippen molar-refractivity contribution < 1.29 is 27.9 Å². The van der Waals surface area contributed by atoms with E-state index in [1.54, 1.807) is 0 Å². The molecule has 2 rings (SSSR count). The Kier molecular flexibility index (Phi) is 5.65. The van der Waals surface area contributed by atoms with E-state index < -0.39 is 21.9 Å².